The second-order valence-corrected chi connectivity index (χ2v) is 17.0. The number of nitrogens with one attached hydrogen (secondary N) is 1. The average Bonchev–Trinajstić information content (AvgIpc) is 3.60. The average molecular weight is 825 g/mol. The third kappa shape index (κ3) is 12.3. The maximum atomic E-state index is 12.9. The molecular formula is C50H68ClN4O4+. The van der Waals surface area contributed by atoms with Crippen molar-refractivity contribution in [3.8, 4) is 0 Å². The molecule has 0 fully saturated rings. The fraction of sp³-hybridized carbons (Fsp3) is 0.500. The zero-order chi connectivity index (χ0) is 42.3. The van der Waals surface area contributed by atoms with Crippen molar-refractivity contribution in [2.75, 3.05) is 57.6 Å². The van der Waals surface area contributed by atoms with Gasteiger partial charge in [-0.1, -0.05) is 107 Å². The van der Waals surface area contributed by atoms with Gasteiger partial charge in [-0.15, -0.1) is 0 Å². The minimum absolute atomic E-state index is 0.0441. The number of allylic oxidation sites excluding steroid dienone is 6. The summed E-state index contributed by atoms with van der Waals surface area (Å²) in [6.07, 6.45) is 17.0. The first-order chi connectivity index (χ1) is 28.5. The third-order valence-corrected chi connectivity index (χ3v) is 11.4. The van der Waals surface area contributed by atoms with Crippen LogP contribution in [0.5, 0.6) is 0 Å². The van der Waals surface area contributed by atoms with Crippen molar-refractivity contribution in [1.29, 1.82) is 0 Å². The molecule has 9 heteroatoms. The van der Waals surface area contributed by atoms with Gasteiger partial charge in [0.2, 0.25) is 5.91 Å². The third-order valence-electron chi connectivity index (χ3n) is 11.2. The highest BCUT2D eigenvalue weighted by atomic mass is 35.5. The van der Waals surface area contributed by atoms with Crippen molar-refractivity contribution in [2.45, 2.75) is 111 Å². The number of unbranched alkanes of at least 4 members (excludes halogenated alkanes) is 1. The van der Waals surface area contributed by atoms with Gasteiger partial charge in [0, 0.05) is 49.5 Å². The summed E-state index contributed by atoms with van der Waals surface area (Å²) in [4.78, 5) is 20.6. The Bertz CT molecular complexity index is 1980. The van der Waals surface area contributed by atoms with Crippen molar-refractivity contribution in [2.24, 2.45) is 4.99 Å². The topological polar surface area (TPSA) is 76.3 Å². The van der Waals surface area contributed by atoms with Crippen LogP contribution in [-0.2, 0) is 42.8 Å². The zero-order valence-corrected chi connectivity index (χ0v) is 37.5. The van der Waals surface area contributed by atoms with Crippen LogP contribution in [0, 0.1) is 0 Å². The smallest absolute Gasteiger partial charge is 0.327 e. The predicted molar refractivity (Wildman–Crippen MR) is 244 cm³/mol. The first-order valence-corrected chi connectivity index (χ1v) is 22.3. The molecule has 0 saturated carbocycles. The number of fused-ring (bicyclic) bond motifs is 2. The molecule has 0 unspecified atom stereocenters. The van der Waals surface area contributed by atoms with E-state index >= 15 is 0 Å². The lowest BCUT2D eigenvalue weighted by atomic mass is 9.81. The Morgan fingerprint density at radius 3 is 2.34 bits per heavy atom. The lowest BCUT2D eigenvalue weighted by Crippen LogP contribution is -2.35. The van der Waals surface area contributed by atoms with Gasteiger partial charge in [0.05, 0.1) is 49.0 Å². The summed E-state index contributed by atoms with van der Waals surface area (Å²) >= 11 is 6.67. The van der Waals surface area contributed by atoms with E-state index in [9.17, 15) is 4.79 Å². The number of amides is 1. The van der Waals surface area contributed by atoms with Crippen molar-refractivity contribution in [3.05, 3.63) is 118 Å². The zero-order valence-electron chi connectivity index (χ0n) is 36.7. The Morgan fingerprint density at radius 2 is 1.59 bits per heavy atom. The van der Waals surface area contributed by atoms with Gasteiger partial charge in [-0.3, -0.25) is 4.79 Å². The molecule has 1 amide bonds. The molecule has 318 valence electrons. The van der Waals surface area contributed by atoms with Crippen LogP contribution >= 0.6 is 11.6 Å². The molecule has 2 aromatic carbocycles. The number of para-hydroxylation sites is 1. The van der Waals surface area contributed by atoms with Crippen LogP contribution in [0.3, 0.4) is 0 Å². The number of aromatic nitrogens is 1. The number of benzene rings is 2. The Hall–Kier alpha value is -4.08. The fourth-order valence-corrected chi connectivity index (χ4v) is 8.08. The Morgan fingerprint density at radius 1 is 0.847 bits per heavy atom. The fourth-order valence-electron chi connectivity index (χ4n) is 7.86. The summed E-state index contributed by atoms with van der Waals surface area (Å²) in [5, 5.41) is 3.80. The molecule has 59 heavy (non-hydrogen) atoms. The first kappa shape index (κ1) is 46.0. The molecule has 2 aliphatic rings. The number of hydrogen-bond donors (Lipinski definition) is 1. The summed E-state index contributed by atoms with van der Waals surface area (Å²) in [5.41, 5.74) is 8.88. The van der Waals surface area contributed by atoms with E-state index in [1.54, 1.807) is 0 Å². The van der Waals surface area contributed by atoms with Crippen LogP contribution < -0.4 is 14.8 Å². The van der Waals surface area contributed by atoms with E-state index in [-0.39, 0.29) is 16.7 Å². The second kappa shape index (κ2) is 22.5. The van der Waals surface area contributed by atoms with Gasteiger partial charge >= 0.3 is 5.82 Å². The number of carbonyl (C=O) groups excluding carboxylic acids is 1. The van der Waals surface area contributed by atoms with Gasteiger partial charge in [0.1, 0.15) is 6.20 Å². The number of aliphatic imine (C=N–C) groups is 1. The van der Waals surface area contributed by atoms with E-state index in [1.807, 2.05) is 6.20 Å². The quantitative estimate of drug-likeness (QED) is 0.0553. The number of ether oxygens (including phenoxy) is 3. The molecule has 1 aromatic heterocycles. The van der Waals surface area contributed by atoms with Crippen LogP contribution in [0.25, 0.3) is 5.57 Å². The van der Waals surface area contributed by atoms with Gasteiger partial charge < -0.3 is 24.4 Å². The molecule has 5 rings (SSSR count). The highest BCUT2D eigenvalue weighted by molar-refractivity contribution is 6.30. The number of nitrogens with zero attached hydrogens (tertiary/aromatic N) is 3. The van der Waals surface area contributed by atoms with Crippen LogP contribution in [0.4, 0.5) is 11.5 Å². The van der Waals surface area contributed by atoms with Crippen LogP contribution in [0.15, 0.2) is 95.8 Å². The van der Waals surface area contributed by atoms with E-state index in [4.69, 9.17) is 30.8 Å². The molecule has 0 aliphatic carbocycles. The Labute approximate surface area is 359 Å². The van der Waals surface area contributed by atoms with E-state index < -0.39 is 0 Å². The molecule has 0 bridgehead atoms. The SMILES string of the molecule is CCCC[n+]1cc(Cl)cc2c1N=C(/C=C/C(=C/C=C1\N(CCC)c3ccccc3C1(C)C)c1cccc(CCC(=O)NCCCOCCOCCOCCC)c1)C2(C)C. The molecule has 0 saturated heterocycles. The van der Waals surface area contributed by atoms with E-state index in [0.717, 1.165) is 90.6 Å². The number of halogens is 1. The van der Waals surface area contributed by atoms with Crippen LogP contribution in [0.2, 0.25) is 5.02 Å². The van der Waals surface area contributed by atoms with Gasteiger partial charge in [0.25, 0.3) is 0 Å². The molecular weight excluding hydrogens is 756 g/mol. The summed E-state index contributed by atoms with van der Waals surface area (Å²) < 4.78 is 18.8. The van der Waals surface area contributed by atoms with E-state index in [2.05, 4.69) is 142 Å². The van der Waals surface area contributed by atoms with Crippen LogP contribution in [0.1, 0.15) is 109 Å². The maximum Gasteiger partial charge on any atom is 0.327 e. The minimum atomic E-state index is -0.319. The summed E-state index contributed by atoms with van der Waals surface area (Å²) in [7, 11) is 0. The Kier molecular flexibility index (Phi) is 17.5. The number of aryl methyl sites for hydroxylation is 2. The molecule has 0 atom stereocenters. The maximum absolute atomic E-state index is 12.9. The second-order valence-electron chi connectivity index (χ2n) is 16.6. The summed E-state index contributed by atoms with van der Waals surface area (Å²) in [6, 6.07) is 19.5. The molecule has 0 spiro atoms. The van der Waals surface area contributed by atoms with Crippen molar-refractivity contribution >= 4 is 40.3 Å². The van der Waals surface area contributed by atoms with Crippen molar-refractivity contribution in [1.82, 2.24) is 5.32 Å². The summed E-state index contributed by atoms with van der Waals surface area (Å²) in [5.74, 6) is 1.03. The highest BCUT2D eigenvalue weighted by Crippen LogP contribution is 2.48. The van der Waals surface area contributed by atoms with Gasteiger partial charge in [-0.05, 0) is 97.5 Å². The van der Waals surface area contributed by atoms with Crippen molar-refractivity contribution < 1.29 is 23.6 Å². The number of pyridine rings is 1. The predicted octanol–water partition coefficient (Wildman–Crippen LogP) is 10.4. The lowest BCUT2D eigenvalue weighted by molar-refractivity contribution is -0.684. The Balaban J connectivity index is 1.32. The monoisotopic (exact) mass is 823 g/mol. The number of hydrogen-bond acceptors (Lipinski definition) is 6. The summed E-state index contributed by atoms with van der Waals surface area (Å²) in [6.45, 7) is 21.7. The molecule has 2 aliphatic heterocycles. The van der Waals surface area contributed by atoms with Gasteiger partial charge in [0.15, 0.2) is 5.71 Å². The molecule has 3 aromatic rings. The van der Waals surface area contributed by atoms with Crippen molar-refractivity contribution in [3.63, 3.8) is 0 Å². The molecule has 8 nitrogen and oxygen atoms in total. The lowest BCUT2D eigenvalue weighted by Gasteiger charge is -2.26. The minimum Gasteiger partial charge on any atom is -0.379 e. The number of carbonyl (C=O) groups is 1. The number of anilines is 1. The standard InChI is InChI=1S/C50H67ClN4O4/c1-8-11-28-54-37-41(51)36-43-48(54)53-45(49(43,4)5)23-21-39(22-24-46-50(6,7)42-18-12-13-19-44(42)55(46)27-9-2)40-17-14-16-38(35-40)20-25-47(56)52-26-15-30-58-32-34-59-33-31-57-29-10-3/h12-14,16-19,21-24,35-37H,8-11,15,20,25-34H2,1-7H3/p+1. The first-order valence-electron chi connectivity index (χ1n) is 21.9. The molecule has 1 N–H and O–H groups in total. The van der Waals surface area contributed by atoms with Gasteiger partial charge in [-0.2, -0.15) is 0 Å². The van der Waals surface area contributed by atoms with E-state index in [1.165, 1.54) is 16.9 Å². The van der Waals surface area contributed by atoms with Crippen LogP contribution in [-0.4, -0.2) is 64.3 Å². The number of rotatable bonds is 24. The van der Waals surface area contributed by atoms with Gasteiger partial charge in [-0.25, -0.2) is 4.57 Å². The largest absolute Gasteiger partial charge is 0.379 e. The highest BCUT2D eigenvalue weighted by Gasteiger charge is 2.43. The molecule has 0 radical (unpaired) electrons. The normalized spacial score (nSPS) is 16.2. The van der Waals surface area contributed by atoms with E-state index in [0.29, 0.717) is 52.4 Å². The molecule has 3 heterocycles.